The van der Waals surface area contributed by atoms with E-state index in [1.807, 2.05) is 35.3 Å². The molecule has 0 spiro atoms. The molecule has 10 atom stereocenters. The third-order valence-electron chi connectivity index (χ3n) is 20.0. The van der Waals surface area contributed by atoms with E-state index in [9.17, 15) is 0 Å². The van der Waals surface area contributed by atoms with Gasteiger partial charge in [0, 0.05) is 41.1 Å². The first-order valence-electron chi connectivity index (χ1n) is 28.7. The van der Waals surface area contributed by atoms with Gasteiger partial charge in [-0.2, -0.15) is 11.8 Å². The first kappa shape index (κ1) is 53.1. The summed E-state index contributed by atoms with van der Waals surface area (Å²) >= 11 is 10.9. The van der Waals surface area contributed by atoms with Crippen molar-refractivity contribution in [3.8, 4) is 0 Å². The molecule has 8 aliphatic rings. The molecular formula is C61H84InN5S6. The Bertz CT molecular complexity index is 2640. The van der Waals surface area contributed by atoms with Crippen molar-refractivity contribution in [2.45, 2.75) is 123 Å². The monoisotopic (exact) mass is 1190 g/mol. The number of nitrogens with zero attached hydrogens (tertiary/aromatic N) is 2. The number of benzene rings is 2. The number of H-pyrrole nitrogens is 2. The van der Waals surface area contributed by atoms with Gasteiger partial charge < -0.3 is 4.98 Å². The number of aromatic amines is 2. The van der Waals surface area contributed by atoms with E-state index in [4.69, 9.17) is 0 Å². The number of aromatic nitrogens is 2. The zero-order valence-corrected chi connectivity index (χ0v) is 52.7. The van der Waals surface area contributed by atoms with Crippen LogP contribution in [-0.2, 0) is 12.8 Å². The van der Waals surface area contributed by atoms with E-state index < -0.39 is 21.4 Å². The van der Waals surface area contributed by atoms with Crippen molar-refractivity contribution >= 4 is 114 Å². The van der Waals surface area contributed by atoms with E-state index in [2.05, 4.69) is 153 Å². The summed E-state index contributed by atoms with van der Waals surface area (Å²) < 4.78 is 4.37. The zero-order chi connectivity index (χ0) is 49.5. The SMILES string of the molecule is CSC1=CCC2(C)NC=C(C[C@H]3CC(C4CSC[C@H]([CH2][In]5[CH2]CC[C@@H]5Cc5c[nH]c6ccc(SC)cc56)C4)CN3CC3CSCC(C4C[C@H](Cc5c[nH]c6ccc(SC)cc56)N(CC5CCSCC5)C4)C3)C2=C1. The maximum absolute atomic E-state index is 3.93. The van der Waals surface area contributed by atoms with Crippen LogP contribution in [0.15, 0.2) is 93.0 Å². The molecule has 12 heteroatoms. The molecule has 3 N–H and O–H groups in total. The van der Waals surface area contributed by atoms with Crippen molar-refractivity contribution in [1.82, 2.24) is 25.1 Å². The Morgan fingerprint density at radius 2 is 1.30 bits per heavy atom. The molecule has 392 valence electrons. The standard InChI is InChI=1S/C47H67N4S5.C14H17NS.In/c1-31-13-38(29-55-27-31)36-17-41(16-35-22-49-47(2)10-7-43(53-4)20-45(35)47)51(25-36)24-33-14-39(30-56-28-33)37-18-40(50(26-37)23-32-8-11-54-12-9-32)15-34-21-48-46-6-5-42(52-3)19-44(34)46;1-3-4-5-6-11-10-15-14-8-7-12(16-2)9-13(11)14;/h5-7,19-22,31-33,36-41,48-49H,1,8-18,23-30H2,2-4H3;5,7-10,15H,1,3-4,6H2,2H3;/t31-,33?,36?,37?,38?,39?,40+,41+,47?;;/m1../s1. The first-order valence-corrected chi connectivity index (χ1v) is 42.4. The van der Waals surface area contributed by atoms with E-state index in [1.54, 1.807) is 30.6 Å². The molecule has 7 aliphatic heterocycles. The van der Waals surface area contributed by atoms with Gasteiger partial charge in [-0.3, -0.25) is 4.90 Å². The van der Waals surface area contributed by atoms with Gasteiger partial charge in [0.25, 0.3) is 0 Å². The summed E-state index contributed by atoms with van der Waals surface area (Å²) in [5.74, 6) is 14.4. The quantitative estimate of drug-likeness (QED) is 0.0898. The first-order chi connectivity index (χ1) is 35.8. The topological polar surface area (TPSA) is 50.1 Å². The fourth-order valence-corrected chi connectivity index (χ4v) is 34.4. The number of fused-ring (bicyclic) bond motifs is 3. The number of allylic oxidation sites excluding steroid dienone is 1. The van der Waals surface area contributed by atoms with Crippen LogP contribution in [0.5, 0.6) is 0 Å². The van der Waals surface area contributed by atoms with Crippen LogP contribution in [-0.4, -0.2) is 138 Å². The molecule has 12 rings (SSSR count). The van der Waals surface area contributed by atoms with Gasteiger partial charge in [0.15, 0.2) is 0 Å². The van der Waals surface area contributed by atoms with Crippen LogP contribution in [0.4, 0.5) is 0 Å². The molecule has 2 aromatic heterocycles. The van der Waals surface area contributed by atoms with Crippen molar-refractivity contribution < 1.29 is 0 Å². The Kier molecular flexibility index (Phi) is 17.5. The second-order valence-electron chi connectivity index (χ2n) is 24.5. The Labute approximate surface area is 473 Å². The number of hydrogen-bond donors (Lipinski definition) is 3. The molecule has 0 radical (unpaired) electrons. The van der Waals surface area contributed by atoms with Crippen LogP contribution in [0.1, 0.15) is 82.3 Å². The zero-order valence-electron chi connectivity index (χ0n) is 44.5. The molecule has 6 fully saturated rings. The van der Waals surface area contributed by atoms with Crippen LogP contribution in [0.2, 0.25) is 12.0 Å². The van der Waals surface area contributed by atoms with E-state index >= 15 is 0 Å². The second-order valence-corrected chi connectivity index (χ2v) is 40.6. The number of rotatable bonds is 17. The van der Waals surface area contributed by atoms with E-state index in [1.165, 1.54) is 168 Å². The Morgan fingerprint density at radius 3 is 1.97 bits per heavy atom. The molecule has 0 amide bonds. The number of likely N-dealkylation sites (tertiary alicyclic amines) is 2. The molecular weight excluding hydrogens is 1110 g/mol. The van der Waals surface area contributed by atoms with Crippen LogP contribution in [0.3, 0.4) is 0 Å². The molecule has 73 heavy (non-hydrogen) atoms. The summed E-state index contributed by atoms with van der Waals surface area (Å²) in [7, 11) is 0. The van der Waals surface area contributed by atoms with Gasteiger partial charge in [-0.25, -0.2) is 0 Å². The summed E-state index contributed by atoms with van der Waals surface area (Å²) in [5.41, 5.74) is 9.06. The Balaban J connectivity index is 0.731. The molecule has 2 aromatic carbocycles. The van der Waals surface area contributed by atoms with Gasteiger partial charge in [-0.05, 0) is 79.4 Å². The Morgan fingerprint density at radius 1 is 0.671 bits per heavy atom. The minimum absolute atomic E-state index is 0.0578. The molecule has 0 saturated carbocycles. The summed E-state index contributed by atoms with van der Waals surface area (Å²) in [6.07, 6.45) is 35.4. The van der Waals surface area contributed by atoms with Gasteiger partial charge in [0.2, 0.25) is 0 Å². The third kappa shape index (κ3) is 12.0. The third-order valence-corrected chi connectivity index (χ3v) is 38.3. The van der Waals surface area contributed by atoms with Gasteiger partial charge in [-0.1, -0.05) is 6.08 Å². The van der Waals surface area contributed by atoms with Crippen LogP contribution < -0.4 is 5.32 Å². The predicted octanol–water partition coefficient (Wildman–Crippen LogP) is 15.0. The van der Waals surface area contributed by atoms with Crippen LogP contribution >= 0.6 is 70.6 Å². The number of nitrogens with one attached hydrogen (secondary N) is 3. The average Bonchev–Trinajstić information content (AvgIpc) is 4.31. The van der Waals surface area contributed by atoms with Gasteiger partial charge in [0.05, 0.1) is 0 Å². The van der Waals surface area contributed by atoms with Gasteiger partial charge >= 0.3 is 306 Å². The fraction of sp³-hybridized carbons (Fsp3) is 0.639. The predicted molar refractivity (Wildman–Crippen MR) is 329 cm³/mol. The summed E-state index contributed by atoms with van der Waals surface area (Å²) in [5, 5.41) is 6.89. The summed E-state index contributed by atoms with van der Waals surface area (Å²) in [6.45, 7) is 7.77. The van der Waals surface area contributed by atoms with Crippen molar-refractivity contribution in [2.24, 2.45) is 41.4 Å². The van der Waals surface area contributed by atoms with E-state index in [0.717, 1.165) is 51.5 Å². The van der Waals surface area contributed by atoms with Crippen LogP contribution in [0, 0.1) is 41.4 Å². The molecule has 0 bridgehead atoms. The molecule has 5 nitrogen and oxygen atoms in total. The molecule has 6 saturated heterocycles. The van der Waals surface area contributed by atoms with Crippen molar-refractivity contribution in [3.63, 3.8) is 0 Å². The molecule has 9 heterocycles. The van der Waals surface area contributed by atoms with Crippen molar-refractivity contribution in [3.05, 3.63) is 94.3 Å². The van der Waals surface area contributed by atoms with Gasteiger partial charge in [-0.15, -0.1) is 23.5 Å². The average molecular weight is 1190 g/mol. The second kappa shape index (κ2) is 24.0. The van der Waals surface area contributed by atoms with E-state index in [-0.39, 0.29) is 5.54 Å². The van der Waals surface area contributed by atoms with Crippen molar-refractivity contribution in [1.29, 1.82) is 0 Å². The minimum atomic E-state index is -1.69. The van der Waals surface area contributed by atoms with Crippen molar-refractivity contribution in [2.75, 3.05) is 79.5 Å². The summed E-state index contributed by atoms with van der Waals surface area (Å²) in [6, 6.07) is 15.4. The molecule has 4 aromatic rings. The van der Waals surface area contributed by atoms with Crippen LogP contribution in [0.25, 0.3) is 21.8 Å². The van der Waals surface area contributed by atoms with Gasteiger partial charge in [0.1, 0.15) is 0 Å². The normalized spacial score (nSPS) is 32.6. The summed E-state index contributed by atoms with van der Waals surface area (Å²) in [4.78, 5) is 17.7. The number of hydrogen-bond acceptors (Lipinski definition) is 9. The Hall–Kier alpha value is -0.570. The fourth-order valence-electron chi connectivity index (χ4n) is 15.9. The number of thioether (sulfide) groups is 6. The molecule has 1 aliphatic carbocycles. The maximum atomic E-state index is 3.93. The van der Waals surface area contributed by atoms with E-state index in [0.29, 0.717) is 12.1 Å². The molecule has 6 unspecified atom stereocenters.